The summed E-state index contributed by atoms with van der Waals surface area (Å²) in [5.41, 5.74) is 0. The summed E-state index contributed by atoms with van der Waals surface area (Å²) in [5, 5.41) is 0. The fourth-order valence-electron chi connectivity index (χ4n) is 3.90. The molecule has 0 aromatic heterocycles. The molecule has 0 aromatic rings. The Hall–Kier alpha value is -0.400. The van der Waals surface area contributed by atoms with Crippen molar-refractivity contribution >= 4 is 0 Å². The van der Waals surface area contributed by atoms with Gasteiger partial charge in [-0.15, -0.1) is 0 Å². The zero-order valence-electron chi connectivity index (χ0n) is 27.3. The first-order chi connectivity index (χ1) is 20.9. The smallest absolute Gasteiger partial charge is 0.106 e. The molecule has 0 saturated heterocycles. The molecule has 10 nitrogen and oxygen atoms in total. The van der Waals surface area contributed by atoms with E-state index in [1.807, 2.05) is 6.92 Å². The summed E-state index contributed by atoms with van der Waals surface area (Å²) in [6, 6.07) is 0. The SMILES string of the molecule is CCCCCCCCCCCCCCOOCCOCCOCCOCCOCCOCCOCCOCCOCC. The second kappa shape index (κ2) is 40.6. The minimum atomic E-state index is 0.436. The molecular formula is C32H66O10. The molecule has 0 fully saturated rings. The van der Waals surface area contributed by atoms with Crippen LogP contribution in [0.25, 0.3) is 0 Å². The molecule has 0 aromatic carbocycles. The van der Waals surface area contributed by atoms with Crippen LogP contribution in [0.5, 0.6) is 0 Å². The molecule has 0 unspecified atom stereocenters. The molecule has 10 heteroatoms. The summed E-state index contributed by atoms with van der Waals surface area (Å²) in [7, 11) is 0. The zero-order chi connectivity index (χ0) is 30.3. The minimum absolute atomic E-state index is 0.436. The van der Waals surface area contributed by atoms with Gasteiger partial charge in [-0.05, 0) is 13.3 Å². The van der Waals surface area contributed by atoms with Gasteiger partial charge in [-0.3, -0.25) is 0 Å². The maximum atomic E-state index is 5.49. The second-order valence-electron chi connectivity index (χ2n) is 10.0. The highest BCUT2D eigenvalue weighted by Gasteiger charge is 1.97. The highest BCUT2D eigenvalue weighted by Crippen LogP contribution is 2.11. The maximum Gasteiger partial charge on any atom is 0.106 e. The van der Waals surface area contributed by atoms with Crippen molar-refractivity contribution in [2.45, 2.75) is 90.9 Å². The Bertz CT molecular complexity index is 419. The van der Waals surface area contributed by atoms with Crippen molar-refractivity contribution in [3.63, 3.8) is 0 Å². The van der Waals surface area contributed by atoms with E-state index in [9.17, 15) is 0 Å². The standard InChI is InChI=1S/C32H66O10/c1-3-5-6-7-8-9-10-11-12-13-14-15-16-41-42-32-31-40-30-29-39-28-27-38-26-25-37-24-23-36-22-21-35-20-19-34-18-17-33-4-2/h3-32H2,1-2H3. The van der Waals surface area contributed by atoms with E-state index >= 15 is 0 Å². The lowest BCUT2D eigenvalue weighted by atomic mass is 10.1. The number of ether oxygens (including phenoxy) is 8. The number of hydrogen-bond acceptors (Lipinski definition) is 10. The van der Waals surface area contributed by atoms with Crippen LogP contribution in [0, 0.1) is 0 Å². The quantitative estimate of drug-likeness (QED) is 0.0484. The molecule has 0 saturated carbocycles. The predicted molar refractivity (Wildman–Crippen MR) is 165 cm³/mol. The summed E-state index contributed by atoms with van der Waals surface area (Å²) in [6.45, 7) is 14.2. The van der Waals surface area contributed by atoms with Crippen molar-refractivity contribution < 1.29 is 47.7 Å². The Morgan fingerprint density at radius 3 is 0.833 bits per heavy atom. The molecule has 0 radical (unpaired) electrons. The number of hydrogen-bond donors (Lipinski definition) is 0. The van der Waals surface area contributed by atoms with Gasteiger partial charge in [-0.1, -0.05) is 77.6 Å². The van der Waals surface area contributed by atoms with Crippen LogP contribution in [0.1, 0.15) is 90.9 Å². The number of rotatable bonds is 39. The van der Waals surface area contributed by atoms with Crippen LogP contribution < -0.4 is 0 Å². The van der Waals surface area contributed by atoms with Crippen LogP contribution in [0.2, 0.25) is 0 Å². The van der Waals surface area contributed by atoms with Gasteiger partial charge in [-0.25, -0.2) is 9.78 Å². The van der Waals surface area contributed by atoms with Crippen molar-refractivity contribution in [3.05, 3.63) is 0 Å². The normalized spacial score (nSPS) is 11.6. The lowest BCUT2D eigenvalue weighted by Crippen LogP contribution is -2.15. The fraction of sp³-hybridized carbons (Fsp3) is 1.00. The van der Waals surface area contributed by atoms with E-state index in [0.717, 1.165) is 6.42 Å². The van der Waals surface area contributed by atoms with Gasteiger partial charge < -0.3 is 37.9 Å². The molecule has 0 rings (SSSR count). The minimum Gasteiger partial charge on any atom is -0.379 e. The second-order valence-corrected chi connectivity index (χ2v) is 10.0. The zero-order valence-corrected chi connectivity index (χ0v) is 27.3. The molecule has 0 atom stereocenters. The van der Waals surface area contributed by atoms with Gasteiger partial charge in [0.15, 0.2) is 0 Å². The topological polar surface area (TPSA) is 92.3 Å². The third-order valence-electron chi connectivity index (χ3n) is 6.28. The highest BCUT2D eigenvalue weighted by molar-refractivity contribution is 4.48. The summed E-state index contributed by atoms with van der Waals surface area (Å²) < 4.78 is 43.3. The molecule has 0 N–H and O–H groups in total. The molecule has 0 aliphatic rings. The van der Waals surface area contributed by atoms with Crippen molar-refractivity contribution in [3.8, 4) is 0 Å². The summed E-state index contributed by atoms with van der Waals surface area (Å²) in [6.07, 6.45) is 16.0. The third kappa shape index (κ3) is 39.6. The Kier molecular flexibility index (Phi) is 40.2. The van der Waals surface area contributed by atoms with Gasteiger partial charge in [-0.2, -0.15) is 0 Å². The summed E-state index contributed by atoms with van der Waals surface area (Å²) in [4.78, 5) is 10.4. The summed E-state index contributed by atoms with van der Waals surface area (Å²) >= 11 is 0. The van der Waals surface area contributed by atoms with Crippen LogP contribution >= 0.6 is 0 Å². The van der Waals surface area contributed by atoms with Crippen LogP contribution in [-0.4, -0.2) is 119 Å². The van der Waals surface area contributed by atoms with Crippen LogP contribution in [0.4, 0.5) is 0 Å². The van der Waals surface area contributed by atoms with Crippen molar-refractivity contribution in [2.75, 3.05) is 119 Å². The van der Waals surface area contributed by atoms with Gasteiger partial charge in [0.05, 0.1) is 106 Å². The highest BCUT2D eigenvalue weighted by atomic mass is 17.2. The first kappa shape index (κ1) is 41.6. The van der Waals surface area contributed by atoms with Gasteiger partial charge in [0.25, 0.3) is 0 Å². The molecule has 0 spiro atoms. The Balaban J connectivity index is 3.02. The van der Waals surface area contributed by atoms with Gasteiger partial charge >= 0.3 is 0 Å². The lowest BCUT2D eigenvalue weighted by molar-refractivity contribution is -0.299. The predicted octanol–water partition coefficient (Wildman–Crippen LogP) is 5.79. The van der Waals surface area contributed by atoms with Crippen LogP contribution in [-0.2, 0) is 47.7 Å². The van der Waals surface area contributed by atoms with Crippen molar-refractivity contribution in [1.82, 2.24) is 0 Å². The van der Waals surface area contributed by atoms with Gasteiger partial charge in [0.2, 0.25) is 0 Å². The third-order valence-corrected chi connectivity index (χ3v) is 6.28. The summed E-state index contributed by atoms with van der Waals surface area (Å²) in [5.74, 6) is 0. The molecule has 0 heterocycles. The number of unbranched alkanes of at least 4 members (excludes halogenated alkanes) is 11. The molecular weight excluding hydrogens is 544 g/mol. The van der Waals surface area contributed by atoms with Gasteiger partial charge in [0.1, 0.15) is 6.61 Å². The van der Waals surface area contributed by atoms with E-state index in [2.05, 4.69) is 6.92 Å². The average molecular weight is 611 g/mol. The van der Waals surface area contributed by atoms with Gasteiger partial charge in [0, 0.05) is 6.61 Å². The molecule has 0 aliphatic carbocycles. The Morgan fingerprint density at radius 1 is 0.238 bits per heavy atom. The van der Waals surface area contributed by atoms with E-state index in [4.69, 9.17) is 47.7 Å². The van der Waals surface area contributed by atoms with Crippen molar-refractivity contribution in [2.24, 2.45) is 0 Å². The van der Waals surface area contributed by atoms with Crippen molar-refractivity contribution in [1.29, 1.82) is 0 Å². The Labute approximate surface area is 257 Å². The molecule has 0 amide bonds. The molecule has 0 aliphatic heterocycles. The van der Waals surface area contributed by atoms with E-state index in [-0.39, 0.29) is 0 Å². The molecule has 254 valence electrons. The first-order valence-electron chi connectivity index (χ1n) is 16.8. The van der Waals surface area contributed by atoms with E-state index in [1.165, 1.54) is 70.6 Å². The monoisotopic (exact) mass is 610 g/mol. The van der Waals surface area contributed by atoms with Crippen LogP contribution in [0.15, 0.2) is 0 Å². The molecule has 42 heavy (non-hydrogen) atoms. The van der Waals surface area contributed by atoms with Crippen LogP contribution in [0.3, 0.4) is 0 Å². The molecule has 0 bridgehead atoms. The van der Waals surface area contributed by atoms with E-state index < -0.39 is 0 Å². The van der Waals surface area contributed by atoms with E-state index in [1.54, 1.807) is 0 Å². The lowest BCUT2D eigenvalue weighted by Gasteiger charge is -2.08. The largest absolute Gasteiger partial charge is 0.379 e. The average Bonchev–Trinajstić information content (AvgIpc) is 3.00. The first-order valence-corrected chi connectivity index (χ1v) is 16.8. The fourth-order valence-corrected chi connectivity index (χ4v) is 3.90. The van der Waals surface area contributed by atoms with E-state index in [0.29, 0.717) is 119 Å². The maximum absolute atomic E-state index is 5.49. The Morgan fingerprint density at radius 2 is 0.500 bits per heavy atom.